The van der Waals surface area contributed by atoms with Crippen LogP contribution in [0.5, 0.6) is 0 Å². The van der Waals surface area contributed by atoms with Crippen LogP contribution < -0.4 is 0 Å². The number of hydrogen-bond donors (Lipinski definition) is 1. The molecule has 2 aromatic rings. The summed E-state index contributed by atoms with van der Waals surface area (Å²) in [6.07, 6.45) is 3.97. The molecule has 0 radical (unpaired) electrons. The van der Waals surface area contributed by atoms with Gasteiger partial charge in [-0.25, -0.2) is 14.3 Å². The normalized spacial score (nSPS) is 18.6. The standard InChI is InChI=1S/C12H13N5O3/c1-7-8(5-13-12-14-6-15-17(7)12)10(18)16-4-2-3-9(16)11(19)20/h5-6,9H,2-4H2,1H3,(H,19,20)/t9-/m1/s1. The van der Waals surface area contributed by atoms with Gasteiger partial charge < -0.3 is 10.0 Å². The summed E-state index contributed by atoms with van der Waals surface area (Å²) in [6, 6.07) is -0.756. The van der Waals surface area contributed by atoms with Crippen LogP contribution in [-0.4, -0.2) is 54.1 Å². The highest BCUT2D eigenvalue weighted by Crippen LogP contribution is 2.21. The molecule has 1 amide bonds. The quantitative estimate of drug-likeness (QED) is 0.835. The lowest BCUT2D eigenvalue weighted by molar-refractivity contribution is -0.141. The summed E-state index contributed by atoms with van der Waals surface area (Å²) in [7, 11) is 0. The van der Waals surface area contributed by atoms with Crippen molar-refractivity contribution in [2.24, 2.45) is 0 Å². The predicted octanol–water partition coefficient (Wildman–Crippen LogP) is 0.122. The number of likely N-dealkylation sites (tertiary alicyclic amines) is 1. The van der Waals surface area contributed by atoms with Crippen LogP contribution in [-0.2, 0) is 4.79 Å². The van der Waals surface area contributed by atoms with E-state index >= 15 is 0 Å². The first kappa shape index (κ1) is 12.5. The molecule has 0 aromatic carbocycles. The Labute approximate surface area is 114 Å². The lowest BCUT2D eigenvalue weighted by Crippen LogP contribution is -2.40. The van der Waals surface area contributed by atoms with E-state index < -0.39 is 12.0 Å². The number of aromatic nitrogens is 4. The number of rotatable bonds is 2. The van der Waals surface area contributed by atoms with Crippen molar-refractivity contribution in [2.45, 2.75) is 25.8 Å². The topological polar surface area (TPSA) is 101 Å². The van der Waals surface area contributed by atoms with Crippen LogP contribution in [0.1, 0.15) is 28.9 Å². The van der Waals surface area contributed by atoms with Crippen molar-refractivity contribution in [3.05, 3.63) is 23.8 Å². The second-order valence-corrected chi connectivity index (χ2v) is 4.72. The Hall–Kier alpha value is -2.51. The van der Waals surface area contributed by atoms with Gasteiger partial charge in [0.1, 0.15) is 12.4 Å². The molecule has 1 aliphatic rings. The Morgan fingerprint density at radius 3 is 2.95 bits per heavy atom. The van der Waals surface area contributed by atoms with Crippen LogP contribution in [0.3, 0.4) is 0 Å². The number of carbonyl (C=O) groups is 2. The number of aliphatic carboxylic acids is 1. The monoisotopic (exact) mass is 275 g/mol. The van der Waals surface area contributed by atoms with Gasteiger partial charge in [0, 0.05) is 12.7 Å². The second kappa shape index (κ2) is 4.55. The molecule has 3 heterocycles. The third-order valence-electron chi connectivity index (χ3n) is 3.58. The van der Waals surface area contributed by atoms with Gasteiger partial charge >= 0.3 is 5.97 Å². The maximum atomic E-state index is 12.5. The fraction of sp³-hybridized carbons (Fsp3) is 0.417. The molecular weight excluding hydrogens is 262 g/mol. The maximum absolute atomic E-state index is 12.5. The van der Waals surface area contributed by atoms with E-state index in [1.54, 1.807) is 6.92 Å². The van der Waals surface area contributed by atoms with Gasteiger partial charge in [-0.3, -0.25) is 4.79 Å². The second-order valence-electron chi connectivity index (χ2n) is 4.72. The highest BCUT2D eigenvalue weighted by molar-refractivity contribution is 5.97. The van der Waals surface area contributed by atoms with Crippen molar-refractivity contribution in [2.75, 3.05) is 6.54 Å². The van der Waals surface area contributed by atoms with E-state index in [9.17, 15) is 9.59 Å². The Morgan fingerprint density at radius 2 is 2.20 bits per heavy atom. The largest absolute Gasteiger partial charge is 0.480 e. The molecule has 0 saturated carbocycles. The Kier molecular flexibility index (Phi) is 2.85. The highest BCUT2D eigenvalue weighted by atomic mass is 16.4. The van der Waals surface area contributed by atoms with E-state index in [0.29, 0.717) is 36.4 Å². The van der Waals surface area contributed by atoms with Crippen molar-refractivity contribution in [1.29, 1.82) is 0 Å². The average molecular weight is 275 g/mol. The van der Waals surface area contributed by atoms with E-state index in [0.717, 1.165) is 0 Å². The fourth-order valence-corrected chi connectivity index (χ4v) is 2.52. The Bertz CT molecular complexity index is 695. The Balaban J connectivity index is 2.00. The zero-order valence-electron chi connectivity index (χ0n) is 10.9. The smallest absolute Gasteiger partial charge is 0.326 e. The van der Waals surface area contributed by atoms with Crippen molar-refractivity contribution >= 4 is 17.7 Å². The zero-order chi connectivity index (χ0) is 14.3. The van der Waals surface area contributed by atoms with E-state index in [2.05, 4.69) is 15.1 Å². The lowest BCUT2D eigenvalue weighted by atomic mass is 10.2. The van der Waals surface area contributed by atoms with Crippen molar-refractivity contribution in [3.8, 4) is 0 Å². The van der Waals surface area contributed by atoms with Crippen LogP contribution in [0, 0.1) is 6.92 Å². The number of carboxylic acids is 1. The molecule has 1 fully saturated rings. The predicted molar refractivity (Wildman–Crippen MR) is 67.2 cm³/mol. The van der Waals surface area contributed by atoms with Crippen molar-refractivity contribution in [1.82, 2.24) is 24.5 Å². The summed E-state index contributed by atoms with van der Waals surface area (Å²) >= 11 is 0. The molecule has 0 bridgehead atoms. The zero-order valence-corrected chi connectivity index (χ0v) is 10.9. The summed E-state index contributed by atoms with van der Waals surface area (Å²) in [5.74, 6) is -0.879. The Morgan fingerprint density at radius 1 is 1.40 bits per heavy atom. The number of nitrogens with zero attached hydrogens (tertiary/aromatic N) is 5. The van der Waals surface area contributed by atoms with Gasteiger partial charge in [0.25, 0.3) is 11.7 Å². The molecule has 8 nitrogen and oxygen atoms in total. The summed E-state index contributed by atoms with van der Waals surface area (Å²) in [5, 5.41) is 13.1. The number of hydrogen-bond acceptors (Lipinski definition) is 5. The van der Waals surface area contributed by atoms with Gasteiger partial charge in [0.15, 0.2) is 0 Å². The number of carbonyl (C=O) groups excluding carboxylic acids is 1. The van der Waals surface area contributed by atoms with Gasteiger partial charge in [-0.2, -0.15) is 10.1 Å². The third-order valence-corrected chi connectivity index (χ3v) is 3.58. The molecule has 0 aliphatic carbocycles. The molecule has 1 N–H and O–H groups in total. The minimum absolute atomic E-state index is 0.322. The number of amides is 1. The number of aryl methyl sites for hydroxylation is 1. The van der Waals surface area contributed by atoms with Crippen LogP contribution in [0.25, 0.3) is 5.78 Å². The summed E-state index contributed by atoms with van der Waals surface area (Å²) in [4.78, 5) is 33.1. The SMILES string of the molecule is Cc1c(C(=O)N2CCC[C@@H]2C(=O)O)cnc2ncnn12. The average Bonchev–Trinajstić information content (AvgIpc) is 3.07. The summed E-state index contributed by atoms with van der Waals surface area (Å²) < 4.78 is 1.47. The van der Waals surface area contributed by atoms with Crippen LogP contribution >= 0.6 is 0 Å². The maximum Gasteiger partial charge on any atom is 0.326 e. The van der Waals surface area contributed by atoms with Crippen LogP contribution in [0.4, 0.5) is 0 Å². The van der Waals surface area contributed by atoms with Gasteiger partial charge in [0.05, 0.1) is 11.3 Å². The van der Waals surface area contributed by atoms with Gasteiger partial charge in [-0.1, -0.05) is 0 Å². The lowest BCUT2D eigenvalue weighted by Gasteiger charge is -2.22. The van der Waals surface area contributed by atoms with Crippen LogP contribution in [0.15, 0.2) is 12.5 Å². The molecule has 1 aliphatic heterocycles. The molecule has 8 heteroatoms. The molecule has 20 heavy (non-hydrogen) atoms. The van der Waals surface area contributed by atoms with Gasteiger partial charge in [-0.15, -0.1) is 0 Å². The van der Waals surface area contributed by atoms with Crippen LogP contribution in [0.2, 0.25) is 0 Å². The van der Waals surface area contributed by atoms with Crippen molar-refractivity contribution in [3.63, 3.8) is 0 Å². The van der Waals surface area contributed by atoms with E-state index in [1.165, 1.54) is 21.9 Å². The fourth-order valence-electron chi connectivity index (χ4n) is 2.52. The minimum atomic E-state index is -0.969. The highest BCUT2D eigenvalue weighted by Gasteiger charge is 2.35. The number of fused-ring (bicyclic) bond motifs is 1. The van der Waals surface area contributed by atoms with E-state index in [1.807, 2.05) is 0 Å². The first-order valence-electron chi connectivity index (χ1n) is 6.28. The minimum Gasteiger partial charge on any atom is -0.480 e. The molecule has 104 valence electrons. The summed E-state index contributed by atoms with van der Waals surface area (Å²) in [5.41, 5.74) is 0.963. The molecule has 1 saturated heterocycles. The molecular formula is C12H13N5O3. The number of carboxylic acid groups (broad SMARTS) is 1. The van der Waals surface area contributed by atoms with E-state index in [4.69, 9.17) is 5.11 Å². The molecule has 0 spiro atoms. The first-order chi connectivity index (χ1) is 9.59. The molecule has 1 atom stereocenters. The first-order valence-corrected chi connectivity index (χ1v) is 6.28. The molecule has 0 unspecified atom stereocenters. The van der Waals surface area contributed by atoms with E-state index in [-0.39, 0.29) is 5.91 Å². The third kappa shape index (κ3) is 1.80. The van der Waals surface area contributed by atoms with Gasteiger partial charge in [-0.05, 0) is 19.8 Å². The van der Waals surface area contributed by atoms with Crippen molar-refractivity contribution < 1.29 is 14.7 Å². The molecule has 2 aromatic heterocycles. The molecule has 3 rings (SSSR count). The summed E-state index contributed by atoms with van der Waals surface area (Å²) in [6.45, 7) is 2.19. The van der Waals surface area contributed by atoms with Gasteiger partial charge in [0.2, 0.25) is 0 Å².